The second-order valence-corrected chi connectivity index (χ2v) is 4.36. The van der Waals surface area contributed by atoms with Crippen molar-refractivity contribution in [2.75, 3.05) is 5.32 Å². The molecule has 3 nitrogen and oxygen atoms in total. The fourth-order valence-electron chi connectivity index (χ4n) is 1.66. The van der Waals surface area contributed by atoms with Crippen LogP contribution in [0.1, 0.15) is 32.3 Å². The number of anilines is 1. The Morgan fingerprint density at radius 2 is 1.74 bits per heavy atom. The van der Waals surface area contributed by atoms with E-state index in [4.69, 9.17) is 5.73 Å². The van der Waals surface area contributed by atoms with Gasteiger partial charge in [-0.05, 0) is 25.0 Å². The van der Waals surface area contributed by atoms with E-state index in [0.29, 0.717) is 12.8 Å². The topological polar surface area (TPSA) is 55.1 Å². The van der Waals surface area contributed by atoms with Crippen molar-refractivity contribution in [3.63, 3.8) is 0 Å². The Balaban J connectivity index is 3.04. The maximum atomic E-state index is 12.8. The molecule has 1 amide bonds. The quantitative estimate of drug-likeness (QED) is 0.886. The maximum absolute atomic E-state index is 12.8. The maximum Gasteiger partial charge on any atom is 0.418 e. The van der Waals surface area contributed by atoms with Crippen molar-refractivity contribution >= 4 is 11.6 Å². The molecule has 0 unspecified atom stereocenters. The van der Waals surface area contributed by atoms with Crippen LogP contribution in [0.25, 0.3) is 0 Å². The van der Waals surface area contributed by atoms with Crippen LogP contribution in [-0.2, 0) is 11.0 Å². The van der Waals surface area contributed by atoms with Gasteiger partial charge in [-0.2, -0.15) is 13.2 Å². The lowest BCUT2D eigenvalue weighted by molar-refractivity contribution is -0.137. The average Bonchev–Trinajstić information content (AvgIpc) is 2.37. The Kier molecular flexibility index (Phi) is 4.57. The second-order valence-electron chi connectivity index (χ2n) is 4.36. The predicted molar refractivity (Wildman–Crippen MR) is 67.6 cm³/mol. The van der Waals surface area contributed by atoms with Gasteiger partial charge in [-0.1, -0.05) is 26.0 Å². The number of carbonyl (C=O) groups excluding carboxylic acids is 1. The number of alkyl halides is 3. The van der Waals surface area contributed by atoms with Gasteiger partial charge in [0.1, 0.15) is 0 Å². The van der Waals surface area contributed by atoms with Gasteiger partial charge in [0.25, 0.3) is 0 Å². The first-order chi connectivity index (χ1) is 8.74. The van der Waals surface area contributed by atoms with Gasteiger partial charge < -0.3 is 11.1 Å². The van der Waals surface area contributed by atoms with Crippen LogP contribution >= 0.6 is 0 Å². The summed E-state index contributed by atoms with van der Waals surface area (Å²) in [7, 11) is 0. The van der Waals surface area contributed by atoms with Crippen LogP contribution in [0.5, 0.6) is 0 Å². The summed E-state index contributed by atoms with van der Waals surface area (Å²) in [6.45, 7) is 3.44. The van der Waals surface area contributed by atoms with Crippen molar-refractivity contribution in [2.24, 2.45) is 5.73 Å². The molecule has 106 valence electrons. The van der Waals surface area contributed by atoms with Crippen LogP contribution in [0.15, 0.2) is 24.3 Å². The third-order valence-corrected chi connectivity index (χ3v) is 3.19. The van der Waals surface area contributed by atoms with E-state index in [1.165, 1.54) is 18.2 Å². The molecule has 0 aliphatic heterocycles. The van der Waals surface area contributed by atoms with Crippen molar-refractivity contribution in [1.82, 2.24) is 0 Å². The Morgan fingerprint density at radius 1 is 1.21 bits per heavy atom. The predicted octanol–water partition coefficient (Wildman–Crippen LogP) is 3.16. The molecular formula is C13H17F3N2O. The molecule has 0 aromatic heterocycles. The van der Waals surface area contributed by atoms with Crippen LogP contribution < -0.4 is 11.1 Å². The third kappa shape index (κ3) is 3.47. The second kappa shape index (κ2) is 5.61. The molecule has 0 fully saturated rings. The van der Waals surface area contributed by atoms with Crippen LogP contribution in [-0.4, -0.2) is 11.4 Å². The molecule has 1 aromatic carbocycles. The highest BCUT2D eigenvalue weighted by Gasteiger charge is 2.35. The highest BCUT2D eigenvalue weighted by molar-refractivity contribution is 5.98. The van der Waals surface area contributed by atoms with E-state index in [9.17, 15) is 18.0 Å². The zero-order valence-corrected chi connectivity index (χ0v) is 10.8. The highest BCUT2D eigenvalue weighted by atomic mass is 19.4. The minimum atomic E-state index is -4.51. The van der Waals surface area contributed by atoms with Crippen LogP contribution in [0.4, 0.5) is 18.9 Å². The van der Waals surface area contributed by atoms with Gasteiger partial charge in [0.15, 0.2) is 0 Å². The first kappa shape index (κ1) is 15.5. The Hall–Kier alpha value is -1.56. The van der Waals surface area contributed by atoms with Gasteiger partial charge in [0, 0.05) is 0 Å². The summed E-state index contributed by atoms with van der Waals surface area (Å²) in [6, 6.07) is 4.84. The monoisotopic (exact) mass is 274 g/mol. The first-order valence-electron chi connectivity index (χ1n) is 6.01. The van der Waals surface area contributed by atoms with E-state index in [-0.39, 0.29) is 5.69 Å². The lowest BCUT2D eigenvalue weighted by Crippen LogP contribution is -2.50. The number of benzene rings is 1. The molecule has 0 spiro atoms. The smallest absolute Gasteiger partial charge is 0.324 e. The minimum Gasteiger partial charge on any atom is -0.324 e. The van der Waals surface area contributed by atoms with Gasteiger partial charge in [-0.15, -0.1) is 0 Å². The van der Waals surface area contributed by atoms with E-state index in [1.54, 1.807) is 13.8 Å². The summed E-state index contributed by atoms with van der Waals surface area (Å²) < 4.78 is 38.3. The van der Waals surface area contributed by atoms with Gasteiger partial charge in [-0.3, -0.25) is 4.79 Å². The molecule has 3 N–H and O–H groups in total. The number of hydrogen-bond acceptors (Lipinski definition) is 2. The summed E-state index contributed by atoms with van der Waals surface area (Å²) in [5, 5.41) is 2.28. The average molecular weight is 274 g/mol. The normalized spacial score (nSPS) is 12.3. The molecule has 0 saturated carbocycles. The fraction of sp³-hybridized carbons (Fsp3) is 0.462. The summed E-state index contributed by atoms with van der Waals surface area (Å²) in [6.07, 6.45) is -3.81. The molecule has 19 heavy (non-hydrogen) atoms. The lowest BCUT2D eigenvalue weighted by atomic mass is 9.93. The van der Waals surface area contributed by atoms with Crippen LogP contribution in [0, 0.1) is 0 Å². The van der Waals surface area contributed by atoms with Crippen molar-refractivity contribution < 1.29 is 18.0 Å². The van der Waals surface area contributed by atoms with Gasteiger partial charge >= 0.3 is 6.18 Å². The molecule has 0 aliphatic carbocycles. The Bertz CT molecular complexity index is 453. The Labute approximate surface area is 110 Å². The molecule has 0 aliphatic rings. The lowest BCUT2D eigenvalue weighted by Gasteiger charge is -2.26. The number of nitrogens with one attached hydrogen (secondary N) is 1. The Morgan fingerprint density at radius 3 is 2.21 bits per heavy atom. The molecular weight excluding hydrogens is 257 g/mol. The largest absolute Gasteiger partial charge is 0.418 e. The molecule has 1 rings (SSSR count). The highest BCUT2D eigenvalue weighted by Crippen LogP contribution is 2.34. The molecule has 6 heteroatoms. The molecule has 0 radical (unpaired) electrons. The van der Waals surface area contributed by atoms with Gasteiger partial charge in [0.2, 0.25) is 5.91 Å². The van der Waals surface area contributed by atoms with Crippen molar-refractivity contribution in [2.45, 2.75) is 38.4 Å². The fourth-order valence-corrected chi connectivity index (χ4v) is 1.66. The molecule has 0 saturated heterocycles. The van der Waals surface area contributed by atoms with E-state index in [2.05, 4.69) is 5.32 Å². The SMILES string of the molecule is CCC(N)(CC)C(=O)Nc1ccccc1C(F)(F)F. The number of rotatable bonds is 4. The zero-order chi connectivity index (χ0) is 14.7. The number of hydrogen-bond donors (Lipinski definition) is 2. The van der Waals surface area contributed by atoms with Gasteiger partial charge in [-0.25, -0.2) is 0 Å². The number of para-hydroxylation sites is 1. The molecule has 0 atom stereocenters. The van der Waals surface area contributed by atoms with E-state index < -0.39 is 23.2 Å². The number of carbonyl (C=O) groups is 1. The van der Waals surface area contributed by atoms with Crippen LogP contribution in [0.2, 0.25) is 0 Å². The summed E-state index contributed by atoms with van der Waals surface area (Å²) in [5.41, 5.74) is 3.56. The van der Waals surface area contributed by atoms with Crippen molar-refractivity contribution in [3.8, 4) is 0 Å². The summed E-state index contributed by atoms with van der Waals surface area (Å²) in [4.78, 5) is 12.0. The van der Waals surface area contributed by atoms with Gasteiger partial charge in [0.05, 0.1) is 16.8 Å². The van der Waals surface area contributed by atoms with E-state index in [0.717, 1.165) is 6.07 Å². The summed E-state index contributed by atoms with van der Waals surface area (Å²) in [5.74, 6) is -0.603. The van der Waals surface area contributed by atoms with E-state index in [1.807, 2.05) is 0 Å². The first-order valence-corrected chi connectivity index (χ1v) is 6.01. The minimum absolute atomic E-state index is 0.267. The molecule has 0 heterocycles. The molecule has 1 aromatic rings. The molecule has 0 bridgehead atoms. The van der Waals surface area contributed by atoms with Crippen molar-refractivity contribution in [3.05, 3.63) is 29.8 Å². The number of halogens is 3. The summed E-state index contributed by atoms with van der Waals surface area (Å²) >= 11 is 0. The van der Waals surface area contributed by atoms with Crippen molar-refractivity contribution in [1.29, 1.82) is 0 Å². The van der Waals surface area contributed by atoms with Crippen LogP contribution in [0.3, 0.4) is 0 Å². The zero-order valence-electron chi connectivity index (χ0n) is 10.8. The standard InChI is InChI=1S/C13H17F3N2O/c1-3-12(17,4-2)11(19)18-10-8-6-5-7-9(10)13(14,15)16/h5-8H,3-4,17H2,1-2H3,(H,18,19). The number of amides is 1. The third-order valence-electron chi connectivity index (χ3n) is 3.19. The van der Waals surface area contributed by atoms with E-state index >= 15 is 0 Å². The number of nitrogens with two attached hydrogens (primary N) is 1.